The van der Waals surface area contributed by atoms with Crippen molar-refractivity contribution in [2.45, 2.75) is 19.8 Å². The summed E-state index contributed by atoms with van der Waals surface area (Å²) < 4.78 is 58.4. The van der Waals surface area contributed by atoms with Crippen LogP contribution in [0, 0.1) is 40.5 Å². The van der Waals surface area contributed by atoms with Gasteiger partial charge in [-0.3, -0.25) is 9.59 Å². The van der Waals surface area contributed by atoms with Gasteiger partial charge < -0.3 is 10.1 Å². The molecule has 0 spiro atoms. The Labute approximate surface area is 128 Å². The third-order valence-corrected chi connectivity index (χ3v) is 3.47. The van der Waals surface area contributed by atoms with Crippen molar-refractivity contribution in [1.29, 1.82) is 5.41 Å². The van der Waals surface area contributed by atoms with Crippen LogP contribution in [0.15, 0.2) is 6.07 Å². The quantitative estimate of drug-likeness (QED) is 0.166. The molecule has 2 rings (SSSR count). The van der Waals surface area contributed by atoms with E-state index >= 15 is 0 Å². The lowest BCUT2D eigenvalue weighted by atomic mass is 9.90. The zero-order valence-electron chi connectivity index (χ0n) is 12.1. The van der Waals surface area contributed by atoms with Gasteiger partial charge in [0.2, 0.25) is 0 Å². The summed E-state index contributed by atoms with van der Waals surface area (Å²) in [7, 11) is 0. The summed E-state index contributed by atoms with van der Waals surface area (Å²) >= 11 is 0. The third-order valence-electron chi connectivity index (χ3n) is 3.47. The average molecular weight is 331 g/mol. The highest BCUT2D eigenvalue weighted by atomic mass is 19.2. The molecule has 1 aromatic rings. The predicted molar refractivity (Wildman–Crippen MR) is 71.2 cm³/mol. The highest BCUT2D eigenvalue weighted by Crippen LogP contribution is 2.34. The number of benzene rings is 1. The number of hydrogen-bond donors (Lipinski definition) is 1. The molecule has 4 nitrogen and oxygen atoms in total. The van der Waals surface area contributed by atoms with Gasteiger partial charge in [-0.05, 0) is 25.7 Å². The number of halogens is 4. The summed E-state index contributed by atoms with van der Waals surface area (Å²) in [6.45, 7) is 1.35. The van der Waals surface area contributed by atoms with Crippen LogP contribution in [0.2, 0.25) is 0 Å². The molecule has 0 aliphatic heterocycles. The Hall–Kier alpha value is -2.25. The number of esters is 1. The number of carbonyl (C=O) groups excluding carboxylic acids is 2. The zero-order valence-corrected chi connectivity index (χ0v) is 12.1. The van der Waals surface area contributed by atoms with Crippen molar-refractivity contribution in [2.24, 2.45) is 11.8 Å². The van der Waals surface area contributed by atoms with Crippen molar-refractivity contribution >= 4 is 17.5 Å². The molecule has 1 aliphatic carbocycles. The van der Waals surface area contributed by atoms with Gasteiger partial charge in [-0.1, -0.05) is 0 Å². The summed E-state index contributed by atoms with van der Waals surface area (Å²) in [5.74, 6) is -12.3. The number of rotatable bonds is 6. The second-order valence-electron chi connectivity index (χ2n) is 5.12. The van der Waals surface area contributed by atoms with Crippen LogP contribution >= 0.6 is 0 Å². The smallest absolute Gasteiger partial charge is 0.322 e. The topological polar surface area (TPSA) is 67.2 Å². The van der Waals surface area contributed by atoms with Crippen LogP contribution in [0.25, 0.3) is 0 Å². The lowest BCUT2D eigenvalue weighted by Crippen LogP contribution is -2.35. The molecular weight excluding hydrogens is 318 g/mol. The average Bonchev–Trinajstić information content (AvgIpc) is 3.30. The largest absolute Gasteiger partial charge is 0.465 e. The van der Waals surface area contributed by atoms with Gasteiger partial charge in [-0.2, -0.15) is 0 Å². The lowest BCUT2D eigenvalue weighted by Gasteiger charge is -2.16. The van der Waals surface area contributed by atoms with Crippen molar-refractivity contribution in [2.75, 3.05) is 6.61 Å². The van der Waals surface area contributed by atoms with Gasteiger partial charge in [0.05, 0.1) is 12.2 Å². The second kappa shape index (κ2) is 6.47. The van der Waals surface area contributed by atoms with E-state index < -0.39 is 46.5 Å². The minimum absolute atomic E-state index is 0.0224. The fourth-order valence-corrected chi connectivity index (χ4v) is 2.17. The number of carbonyl (C=O) groups is 2. The molecule has 1 aromatic carbocycles. The number of nitrogens with one attached hydrogen (secondary N) is 1. The Morgan fingerprint density at radius 1 is 1.22 bits per heavy atom. The van der Waals surface area contributed by atoms with Crippen molar-refractivity contribution in [3.63, 3.8) is 0 Å². The maximum Gasteiger partial charge on any atom is 0.322 e. The van der Waals surface area contributed by atoms with E-state index in [1.807, 2.05) is 0 Å². The summed E-state index contributed by atoms with van der Waals surface area (Å²) in [5.41, 5.74) is -1.72. The molecule has 0 bridgehead atoms. The van der Waals surface area contributed by atoms with Crippen LogP contribution in [0.3, 0.4) is 0 Å². The van der Waals surface area contributed by atoms with Crippen LogP contribution in [0.5, 0.6) is 0 Å². The Balaban J connectivity index is 2.47. The Bertz CT molecular complexity index is 686. The van der Waals surface area contributed by atoms with Gasteiger partial charge in [-0.25, -0.2) is 17.6 Å². The Morgan fingerprint density at radius 3 is 2.35 bits per heavy atom. The first-order chi connectivity index (χ1) is 10.8. The van der Waals surface area contributed by atoms with Crippen LogP contribution in [-0.2, 0) is 9.53 Å². The summed E-state index contributed by atoms with van der Waals surface area (Å²) in [6, 6.07) is 0.0224. The molecule has 1 aliphatic rings. The molecular formula is C15H13F4NO3. The number of hydrogen-bond acceptors (Lipinski definition) is 4. The first-order valence-corrected chi connectivity index (χ1v) is 6.91. The maximum atomic E-state index is 13.8. The normalized spacial score (nSPS) is 15.2. The van der Waals surface area contributed by atoms with E-state index in [9.17, 15) is 27.2 Å². The lowest BCUT2D eigenvalue weighted by molar-refractivity contribution is -0.144. The molecule has 8 heteroatoms. The Kier molecular flexibility index (Phi) is 4.82. The SMILES string of the molecule is CCOC(=O)C(C(=N)C1CC1)C(=O)c1c(F)cc(F)c(F)c1F. The van der Waals surface area contributed by atoms with Crippen molar-refractivity contribution in [3.8, 4) is 0 Å². The Morgan fingerprint density at radius 2 is 1.83 bits per heavy atom. The molecule has 1 saturated carbocycles. The summed E-state index contributed by atoms with van der Waals surface area (Å²) in [5, 5.41) is 7.85. The molecule has 1 fully saturated rings. The van der Waals surface area contributed by atoms with E-state index in [-0.39, 0.29) is 24.3 Å². The fourth-order valence-electron chi connectivity index (χ4n) is 2.17. The molecule has 0 heterocycles. The van der Waals surface area contributed by atoms with Gasteiger partial charge in [0.1, 0.15) is 5.82 Å². The van der Waals surface area contributed by atoms with Crippen LogP contribution < -0.4 is 0 Å². The monoisotopic (exact) mass is 331 g/mol. The standard InChI is InChI=1S/C15H13F4NO3/c1-2-23-15(22)10(13(20)6-3-4-6)14(21)9-7(16)5-8(17)11(18)12(9)19/h5-6,10,20H,2-4H2,1H3. The molecule has 0 amide bonds. The highest BCUT2D eigenvalue weighted by molar-refractivity contribution is 6.24. The maximum absolute atomic E-state index is 13.8. The van der Waals surface area contributed by atoms with E-state index in [0.29, 0.717) is 12.8 Å². The summed E-state index contributed by atoms with van der Waals surface area (Å²) in [6.07, 6.45) is 1.12. The molecule has 1 N–H and O–H groups in total. The van der Waals surface area contributed by atoms with Crippen LogP contribution in [0.1, 0.15) is 30.1 Å². The van der Waals surface area contributed by atoms with E-state index in [0.717, 1.165) is 0 Å². The molecule has 0 saturated heterocycles. The highest BCUT2D eigenvalue weighted by Gasteiger charge is 2.42. The van der Waals surface area contributed by atoms with Gasteiger partial charge in [0, 0.05) is 11.8 Å². The third kappa shape index (κ3) is 3.25. The van der Waals surface area contributed by atoms with Crippen molar-refractivity contribution < 1.29 is 31.9 Å². The van der Waals surface area contributed by atoms with E-state index in [1.165, 1.54) is 6.92 Å². The van der Waals surface area contributed by atoms with E-state index in [4.69, 9.17) is 5.41 Å². The molecule has 1 atom stereocenters. The molecule has 0 aromatic heterocycles. The molecule has 0 radical (unpaired) electrons. The van der Waals surface area contributed by atoms with Crippen molar-refractivity contribution in [1.82, 2.24) is 0 Å². The minimum atomic E-state index is -2.02. The second-order valence-corrected chi connectivity index (χ2v) is 5.12. The minimum Gasteiger partial charge on any atom is -0.465 e. The van der Waals surface area contributed by atoms with Gasteiger partial charge in [0.25, 0.3) is 0 Å². The molecule has 1 unspecified atom stereocenters. The number of Topliss-reactive ketones (excluding diaryl/α,β-unsaturated/α-hetero) is 1. The first-order valence-electron chi connectivity index (χ1n) is 6.91. The zero-order chi connectivity index (χ0) is 17.3. The van der Waals surface area contributed by atoms with E-state index in [2.05, 4.69) is 4.74 Å². The fraction of sp³-hybridized carbons (Fsp3) is 0.400. The first kappa shape index (κ1) is 17.1. The van der Waals surface area contributed by atoms with Crippen molar-refractivity contribution in [3.05, 3.63) is 34.9 Å². The van der Waals surface area contributed by atoms with E-state index in [1.54, 1.807) is 0 Å². The summed E-state index contributed by atoms with van der Waals surface area (Å²) in [4.78, 5) is 24.2. The van der Waals surface area contributed by atoms with Gasteiger partial charge >= 0.3 is 5.97 Å². The van der Waals surface area contributed by atoms with Gasteiger partial charge in [0.15, 0.2) is 29.2 Å². The molecule has 23 heavy (non-hydrogen) atoms. The van der Waals surface area contributed by atoms with Crippen LogP contribution in [-0.4, -0.2) is 24.1 Å². The molecule has 124 valence electrons. The number of ether oxygens (including phenoxy) is 1. The van der Waals surface area contributed by atoms with Gasteiger partial charge in [-0.15, -0.1) is 0 Å². The van der Waals surface area contributed by atoms with Crippen LogP contribution in [0.4, 0.5) is 17.6 Å². The number of ketones is 1. The predicted octanol–water partition coefficient (Wildman–Crippen LogP) is 3.03.